The van der Waals surface area contributed by atoms with Crippen molar-refractivity contribution in [3.8, 4) is 11.8 Å². The molecule has 7 nitrogen and oxygen atoms in total. The van der Waals surface area contributed by atoms with Crippen molar-refractivity contribution in [1.29, 1.82) is 5.26 Å². The lowest BCUT2D eigenvalue weighted by Crippen LogP contribution is -2.34. The number of hydrogen-bond donors (Lipinski definition) is 2. The fraction of sp³-hybridized carbons (Fsp3) is 0.269. The fourth-order valence-corrected chi connectivity index (χ4v) is 3.63. The van der Waals surface area contributed by atoms with Crippen molar-refractivity contribution in [3.63, 3.8) is 0 Å². The van der Waals surface area contributed by atoms with Gasteiger partial charge in [-0.3, -0.25) is 4.79 Å². The van der Waals surface area contributed by atoms with Crippen LogP contribution in [0.15, 0.2) is 72.9 Å². The summed E-state index contributed by atoms with van der Waals surface area (Å²) in [5, 5.41) is 15.2. The van der Waals surface area contributed by atoms with Crippen LogP contribution in [0.3, 0.4) is 0 Å². The number of ether oxygens (including phenoxy) is 2. The summed E-state index contributed by atoms with van der Waals surface area (Å²) in [7, 11) is 0. The number of anilines is 1. The fourth-order valence-electron chi connectivity index (χ4n) is 3.63. The first-order valence-corrected chi connectivity index (χ1v) is 11.0. The first-order chi connectivity index (χ1) is 16.2. The Morgan fingerprint density at radius 3 is 2.64 bits per heavy atom. The molecule has 3 aromatic rings. The van der Waals surface area contributed by atoms with E-state index < -0.39 is 6.04 Å². The van der Waals surface area contributed by atoms with Gasteiger partial charge >= 0.3 is 0 Å². The van der Waals surface area contributed by atoms with E-state index in [0.717, 1.165) is 24.0 Å². The normalized spacial score (nSPS) is 16.0. The average molecular weight is 443 g/mol. The lowest BCUT2D eigenvalue weighted by molar-refractivity contribution is -0.118. The lowest BCUT2D eigenvalue weighted by Gasteiger charge is -2.19. The number of nitriles is 1. The van der Waals surface area contributed by atoms with Gasteiger partial charge in [0.05, 0.1) is 31.0 Å². The highest BCUT2D eigenvalue weighted by Gasteiger charge is 2.21. The summed E-state index contributed by atoms with van der Waals surface area (Å²) in [6, 6.07) is 22.2. The number of amides is 1. The number of carbonyl (C=O) groups excluding carboxylic acids is 1. The molecule has 0 unspecified atom stereocenters. The maximum absolute atomic E-state index is 13.1. The minimum Gasteiger partial charge on any atom is -0.486 e. The van der Waals surface area contributed by atoms with Crippen LogP contribution in [0.2, 0.25) is 0 Å². The molecular weight excluding hydrogens is 416 g/mol. The summed E-state index contributed by atoms with van der Waals surface area (Å²) >= 11 is 0. The smallest absolute Gasteiger partial charge is 0.247 e. The minimum absolute atomic E-state index is 0.0509. The highest BCUT2D eigenvalue weighted by molar-refractivity contribution is 5.94. The first-order valence-electron chi connectivity index (χ1n) is 11.0. The van der Waals surface area contributed by atoms with Gasteiger partial charge in [0.2, 0.25) is 5.91 Å². The number of rotatable bonds is 9. The molecule has 2 atom stereocenters. The van der Waals surface area contributed by atoms with E-state index in [4.69, 9.17) is 14.7 Å². The number of aromatic nitrogens is 1. The second-order valence-corrected chi connectivity index (χ2v) is 7.83. The Bertz CT molecular complexity index is 1070. The molecule has 2 aromatic carbocycles. The Labute approximate surface area is 193 Å². The molecular formula is C26H26N4O3. The zero-order valence-corrected chi connectivity index (χ0v) is 18.2. The van der Waals surface area contributed by atoms with Crippen molar-refractivity contribution in [1.82, 2.24) is 10.3 Å². The molecule has 7 heteroatoms. The Morgan fingerprint density at radius 1 is 1.15 bits per heavy atom. The van der Waals surface area contributed by atoms with Gasteiger partial charge in [-0.1, -0.05) is 42.5 Å². The van der Waals surface area contributed by atoms with Crippen LogP contribution in [0, 0.1) is 11.3 Å². The highest BCUT2D eigenvalue weighted by Crippen LogP contribution is 2.19. The molecule has 0 bridgehead atoms. The molecule has 168 valence electrons. The minimum atomic E-state index is -0.530. The van der Waals surface area contributed by atoms with Gasteiger partial charge in [0.15, 0.2) is 0 Å². The molecule has 1 aliphatic rings. The molecule has 33 heavy (non-hydrogen) atoms. The number of hydrogen-bond acceptors (Lipinski definition) is 6. The summed E-state index contributed by atoms with van der Waals surface area (Å²) in [5.74, 6) is 0.930. The molecule has 2 N–H and O–H groups in total. The van der Waals surface area contributed by atoms with Crippen molar-refractivity contribution >= 4 is 11.7 Å². The van der Waals surface area contributed by atoms with E-state index in [2.05, 4.69) is 21.7 Å². The number of nitrogens with zero attached hydrogens (tertiary/aromatic N) is 2. The quantitative estimate of drug-likeness (QED) is 0.525. The van der Waals surface area contributed by atoms with Crippen molar-refractivity contribution in [2.45, 2.75) is 25.0 Å². The van der Waals surface area contributed by atoms with Gasteiger partial charge in [0.1, 0.15) is 23.7 Å². The van der Waals surface area contributed by atoms with Gasteiger partial charge in [-0.05, 0) is 41.8 Å². The van der Waals surface area contributed by atoms with E-state index in [-0.39, 0.29) is 12.0 Å². The lowest BCUT2D eigenvalue weighted by atomic mass is 10.1. The summed E-state index contributed by atoms with van der Waals surface area (Å²) in [4.78, 5) is 17.4. The molecule has 0 spiro atoms. The Kier molecular flexibility index (Phi) is 7.64. The van der Waals surface area contributed by atoms with Gasteiger partial charge < -0.3 is 20.1 Å². The zero-order valence-electron chi connectivity index (χ0n) is 18.2. The van der Waals surface area contributed by atoms with Crippen LogP contribution in [0.5, 0.6) is 5.75 Å². The largest absolute Gasteiger partial charge is 0.486 e. The SMILES string of the molecule is N#Cc1ccc(CCN[C@H](C(=O)Nc2ccc(O[C@@H]3CCOC3)cn2)c2ccccc2)cc1. The van der Waals surface area contributed by atoms with Crippen molar-refractivity contribution in [2.75, 3.05) is 25.1 Å². The summed E-state index contributed by atoms with van der Waals surface area (Å²) in [6.07, 6.45) is 3.27. The monoisotopic (exact) mass is 442 g/mol. The third kappa shape index (κ3) is 6.39. The maximum Gasteiger partial charge on any atom is 0.247 e. The molecule has 2 heterocycles. The average Bonchev–Trinajstić information content (AvgIpc) is 3.37. The van der Waals surface area contributed by atoms with Crippen LogP contribution in [0.1, 0.15) is 29.2 Å². The van der Waals surface area contributed by atoms with Crippen LogP contribution in [-0.2, 0) is 16.0 Å². The van der Waals surface area contributed by atoms with Crippen LogP contribution in [0.25, 0.3) is 0 Å². The van der Waals surface area contributed by atoms with E-state index in [1.807, 2.05) is 42.5 Å². The molecule has 1 fully saturated rings. The van der Waals surface area contributed by atoms with E-state index >= 15 is 0 Å². The standard InChI is InChI=1S/C26H26N4O3/c27-16-20-8-6-19(7-9-20)12-14-28-25(21-4-2-1-3-5-21)26(31)30-24-11-10-22(17-29-24)33-23-13-15-32-18-23/h1-11,17,23,25,28H,12-15,18H2,(H,29,30,31)/t23-,25+/m1/s1. The second-order valence-electron chi connectivity index (χ2n) is 7.83. The van der Waals surface area contributed by atoms with E-state index in [9.17, 15) is 4.79 Å². The Morgan fingerprint density at radius 2 is 1.97 bits per heavy atom. The highest BCUT2D eigenvalue weighted by atomic mass is 16.5. The van der Waals surface area contributed by atoms with Crippen LogP contribution in [0.4, 0.5) is 5.82 Å². The van der Waals surface area contributed by atoms with Crippen molar-refractivity contribution in [2.24, 2.45) is 0 Å². The number of carbonyl (C=O) groups is 1. The van der Waals surface area contributed by atoms with Gasteiger partial charge in [0.25, 0.3) is 0 Å². The van der Waals surface area contributed by atoms with Crippen LogP contribution < -0.4 is 15.4 Å². The Balaban J connectivity index is 1.37. The number of benzene rings is 2. The van der Waals surface area contributed by atoms with Crippen molar-refractivity contribution in [3.05, 3.63) is 89.6 Å². The molecule has 1 aliphatic heterocycles. The molecule has 1 aromatic heterocycles. The van der Waals surface area contributed by atoms with E-state index in [1.54, 1.807) is 30.5 Å². The molecule has 0 saturated carbocycles. The summed E-state index contributed by atoms with van der Waals surface area (Å²) in [6.45, 7) is 1.90. The predicted molar refractivity (Wildman–Crippen MR) is 125 cm³/mol. The maximum atomic E-state index is 13.1. The van der Waals surface area contributed by atoms with Crippen LogP contribution in [-0.4, -0.2) is 36.8 Å². The van der Waals surface area contributed by atoms with Gasteiger partial charge in [-0.15, -0.1) is 0 Å². The van der Waals surface area contributed by atoms with Gasteiger partial charge in [-0.2, -0.15) is 5.26 Å². The number of nitrogens with one attached hydrogen (secondary N) is 2. The van der Waals surface area contributed by atoms with Gasteiger partial charge in [0, 0.05) is 13.0 Å². The summed E-state index contributed by atoms with van der Waals surface area (Å²) in [5.41, 5.74) is 2.60. The third-order valence-electron chi connectivity index (χ3n) is 5.42. The van der Waals surface area contributed by atoms with Gasteiger partial charge in [-0.25, -0.2) is 4.98 Å². The van der Waals surface area contributed by atoms with Crippen molar-refractivity contribution < 1.29 is 14.3 Å². The molecule has 4 rings (SSSR count). The zero-order chi connectivity index (χ0) is 22.9. The second kappa shape index (κ2) is 11.2. The topological polar surface area (TPSA) is 96.3 Å². The molecule has 0 aliphatic carbocycles. The van der Waals surface area contributed by atoms with Crippen LogP contribution >= 0.6 is 0 Å². The molecule has 1 saturated heterocycles. The first kappa shape index (κ1) is 22.5. The van der Waals surface area contributed by atoms with E-state index in [1.165, 1.54) is 0 Å². The molecule has 0 radical (unpaired) electrons. The molecule has 1 amide bonds. The third-order valence-corrected chi connectivity index (χ3v) is 5.42. The predicted octanol–water partition coefficient (Wildman–Crippen LogP) is 3.63. The Hall–Kier alpha value is -3.73. The summed E-state index contributed by atoms with van der Waals surface area (Å²) < 4.78 is 11.2. The number of pyridine rings is 1. The van der Waals surface area contributed by atoms with E-state index in [0.29, 0.717) is 36.9 Å².